The van der Waals surface area contributed by atoms with Crippen molar-refractivity contribution in [3.8, 4) is 0 Å². The van der Waals surface area contributed by atoms with E-state index in [1.54, 1.807) is 4.90 Å². The summed E-state index contributed by atoms with van der Waals surface area (Å²) in [4.78, 5) is 15.7. The smallest absolute Gasteiger partial charge is 0.243 e. The average molecular weight is 391 g/mol. The van der Waals surface area contributed by atoms with E-state index >= 15 is 0 Å². The van der Waals surface area contributed by atoms with E-state index in [1.165, 1.54) is 23.8 Å². The lowest BCUT2D eigenvalue weighted by Gasteiger charge is -2.36. The quantitative estimate of drug-likeness (QED) is 0.843. The molecule has 0 spiro atoms. The fraction of sp³-hybridized carbons (Fsp3) is 0.316. The number of anilines is 1. The third-order valence-electron chi connectivity index (χ3n) is 4.63. The number of benzene rings is 2. The Bertz CT molecular complexity index is 925. The molecular weight excluding hydrogens is 369 g/mol. The SMILES string of the molecule is Cc1ccccc1N1CCN(C(=O)CNS(=O)(=O)c2ccccc2F)CC1. The zero-order valence-corrected chi connectivity index (χ0v) is 15.9. The predicted molar refractivity (Wildman–Crippen MR) is 102 cm³/mol. The molecule has 1 heterocycles. The maximum Gasteiger partial charge on any atom is 0.243 e. The molecule has 1 aliphatic rings. The Hall–Kier alpha value is -2.45. The van der Waals surface area contributed by atoms with E-state index in [1.807, 2.05) is 25.1 Å². The van der Waals surface area contributed by atoms with E-state index in [0.29, 0.717) is 26.2 Å². The minimum atomic E-state index is -4.07. The number of halogens is 1. The van der Waals surface area contributed by atoms with Crippen LogP contribution in [-0.2, 0) is 14.8 Å². The van der Waals surface area contributed by atoms with Gasteiger partial charge in [0.1, 0.15) is 10.7 Å². The third kappa shape index (κ3) is 4.45. The van der Waals surface area contributed by atoms with Gasteiger partial charge in [-0.3, -0.25) is 4.79 Å². The third-order valence-corrected chi connectivity index (χ3v) is 6.06. The van der Waals surface area contributed by atoms with Gasteiger partial charge in [0.2, 0.25) is 15.9 Å². The number of carbonyl (C=O) groups is 1. The molecule has 144 valence electrons. The zero-order chi connectivity index (χ0) is 19.4. The number of nitrogens with zero attached hydrogens (tertiary/aromatic N) is 2. The van der Waals surface area contributed by atoms with Crippen molar-refractivity contribution in [3.63, 3.8) is 0 Å². The normalized spacial score (nSPS) is 15.0. The van der Waals surface area contributed by atoms with E-state index in [-0.39, 0.29) is 12.5 Å². The molecule has 0 aliphatic carbocycles. The highest BCUT2D eigenvalue weighted by Crippen LogP contribution is 2.20. The van der Waals surface area contributed by atoms with Gasteiger partial charge < -0.3 is 9.80 Å². The molecule has 1 aliphatic heterocycles. The number of rotatable bonds is 5. The summed E-state index contributed by atoms with van der Waals surface area (Å²) in [5, 5.41) is 0. The first-order valence-electron chi connectivity index (χ1n) is 8.71. The number of hydrogen-bond acceptors (Lipinski definition) is 4. The number of piperazine rings is 1. The van der Waals surface area contributed by atoms with Crippen molar-refractivity contribution in [1.29, 1.82) is 0 Å². The molecule has 0 radical (unpaired) electrons. The Morgan fingerprint density at radius 3 is 2.33 bits per heavy atom. The number of para-hydroxylation sites is 1. The molecule has 0 bridgehead atoms. The fourth-order valence-corrected chi connectivity index (χ4v) is 4.18. The summed E-state index contributed by atoms with van der Waals surface area (Å²) in [5.41, 5.74) is 2.32. The average Bonchev–Trinajstić information content (AvgIpc) is 2.67. The Morgan fingerprint density at radius 1 is 1.04 bits per heavy atom. The molecule has 0 aromatic heterocycles. The van der Waals surface area contributed by atoms with Crippen molar-refractivity contribution >= 4 is 21.6 Å². The number of carbonyl (C=O) groups excluding carboxylic acids is 1. The first-order chi connectivity index (χ1) is 12.9. The molecule has 3 rings (SSSR count). The van der Waals surface area contributed by atoms with Crippen LogP contribution in [0.2, 0.25) is 0 Å². The van der Waals surface area contributed by atoms with Crippen LogP contribution in [0.15, 0.2) is 53.4 Å². The van der Waals surface area contributed by atoms with Crippen LogP contribution in [0.4, 0.5) is 10.1 Å². The van der Waals surface area contributed by atoms with Gasteiger partial charge in [-0.1, -0.05) is 30.3 Å². The van der Waals surface area contributed by atoms with Crippen LogP contribution in [0, 0.1) is 12.7 Å². The molecule has 6 nitrogen and oxygen atoms in total. The van der Waals surface area contributed by atoms with Crippen molar-refractivity contribution in [3.05, 3.63) is 59.9 Å². The minimum absolute atomic E-state index is 0.320. The lowest BCUT2D eigenvalue weighted by atomic mass is 10.1. The summed E-state index contributed by atoms with van der Waals surface area (Å²) in [7, 11) is -4.07. The summed E-state index contributed by atoms with van der Waals surface area (Å²) < 4.78 is 40.2. The van der Waals surface area contributed by atoms with Gasteiger partial charge in [0.25, 0.3) is 0 Å². The van der Waals surface area contributed by atoms with Crippen molar-refractivity contribution < 1.29 is 17.6 Å². The first-order valence-corrected chi connectivity index (χ1v) is 10.2. The summed E-state index contributed by atoms with van der Waals surface area (Å²) in [6.45, 7) is 4.03. The van der Waals surface area contributed by atoms with Crippen LogP contribution in [0.5, 0.6) is 0 Å². The molecule has 2 aromatic rings. The monoisotopic (exact) mass is 391 g/mol. The summed E-state index contributed by atoms with van der Waals surface area (Å²) in [5.74, 6) is -1.16. The molecule has 0 saturated carbocycles. The Morgan fingerprint density at radius 2 is 1.67 bits per heavy atom. The van der Waals surface area contributed by atoms with Crippen LogP contribution in [0.1, 0.15) is 5.56 Å². The fourth-order valence-electron chi connectivity index (χ4n) is 3.12. The Labute approximate surface area is 158 Å². The number of sulfonamides is 1. The maximum atomic E-state index is 13.7. The molecule has 1 saturated heterocycles. The van der Waals surface area contributed by atoms with Crippen molar-refractivity contribution in [1.82, 2.24) is 9.62 Å². The highest BCUT2D eigenvalue weighted by molar-refractivity contribution is 7.89. The minimum Gasteiger partial charge on any atom is -0.368 e. The van der Waals surface area contributed by atoms with Crippen molar-refractivity contribution in [2.45, 2.75) is 11.8 Å². The molecule has 8 heteroatoms. The van der Waals surface area contributed by atoms with Gasteiger partial charge in [-0.2, -0.15) is 0 Å². The van der Waals surface area contributed by atoms with E-state index < -0.39 is 20.7 Å². The van der Waals surface area contributed by atoms with E-state index in [4.69, 9.17) is 0 Å². The highest BCUT2D eigenvalue weighted by atomic mass is 32.2. The second-order valence-corrected chi connectivity index (χ2v) is 8.14. The van der Waals surface area contributed by atoms with Gasteiger partial charge in [-0.15, -0.1) is 0 Å². The summed E-state index contributed by atoms with van der Waals surface area (Å²) >= 11 is 0. The van der Waals surface area contributed by atoms with Gasteiger partial charge in [-0.05, 0) is 30.7 Å². The number of amides is 1. The maximum absolute atomic E-state index is 13.7. The molecule has 27 heavy (non-hydrogen) atoms. The topological polar surface area (TPSA) is 69.7 Å². The predicted octanol–water partition coefficient (Wildman–Crippen LogP) is 1.76. The largest absolute Gasteiger partial charge is 0.368 e. The van der Waals surface area contributed by atoms with Gasteiger partial charge in [-0.25, -0.2) is 17.5 Å². The van der Waals surface area contributed by atoms with Gasteiger partial charge >= 0.3 is 0 Å². The summed E-state index contributed by atoms with van der Waals surface area (Å²) in [6.07, 6.45) is 0. The van der Waals surface area contributed by atoms with Crippen LogP contribution < -0.4 is 9.62 Å². The van der Waals surface area contributed by atoms with E-state index in [2.05, 4.69) is 15.7 Å². The molecule has 0 atom stereocenters. The van der Waals surface area contributed by atoms with Gasteiger partial charge in [0, 0.05) is 31.9 Å². The number of nitrogens with one attached hydrogen (secondary N) is 1. The zero-order valence-electron chi connectivity index (χ0n) is 15.1. The number of aryl methyl sites for hydroxylation is 1. The standard InChI is InChI=1S/C19H22FN3O3S/c1-15-6-2-4-8-17(15)22-10-12-23(13-11-22)19(24)14-21-27(25,26)18-9-5-3-7-16(18)20/h2-9,21H,10-14H2,1H3. The Kier molecular flexibility index (Phi) is 5.76. The van der Waals surface area contributed by atoms with Crippen molar-refractivity contribution in [2.75, 3.05) is 37.6 Å². The first kappa shape index (κ1) is 19.3. The van der Waals surface area contributed by atoms with Crippen LogP contribution in [-0.4, -0.2) is 51.9 Å². The molecule has 0 unspecified atom stereocenters. The lowest BCUT2D eigenvalue weighted by molar-refractivity contribution is -0.130. The Balaban J connectivity index is 1.56. The van der Waals surface area contributed by atoms with E-state index in [9.17, 15) is 17.6 Å². The van der Waals surface area contributed by atoms with Crippen LogP contribution in [0.3, 0.4) is 0 Å². The van der Waals surface area contributed by atoms with E-state index in [0.717, 1.165) is 11.8 Å². The van der Waals surface area contributed by atoms with Gasteiger partial charge in [0.05, 0.1) is 6.54 Å². The second-order valence-electron chi connectivity index (χ2n) is 6.41. The van der Waals surface area contributed by atoms with Gasteiger partial charge in [0.15, 0.2) is 0 Å². The van der Waals surface area contributed by atoms with Crippen LogP contribution in [0.25, 0.3) is 0 Å². The summed E-state index contributed by atoms with van der Waals surface area (Å²) in [6, 6.07) is 13.2. The molecule has 1 N–H and O–H groups in total. The molecular formula is C19H22FN3O3S. The lowest BCUT2D eigenvalue weighted by Crippen LogP contribution is -2.51. The highest BCUT2D eigenvalue weighted by Gasteiger charge is 2.24. The molecule has 2 aromatic carbocycles. The van der Waals surface area contributed by atoms with Crippen LogP contribution >= 0.6 is 0 Å². The molecule has 1 amide bonds. The second kappa shape index (κ2) is 8.06. The molecule has 1 fully saturated rings. The van der Waals surface area contributed by atoms with Crippen molar-refractivity contribution in [2.24, 2.45) is 0 Å². The number of hydrogen-bond donors (Lipinski definition) is 1.